The third kappa shape index (κ3) is 5.00. The van der Waals surface area contributed by atoms with Gasteiger partial charge >= 0.3 is 10.1 Å². The van der Waals surface area contributed by atoms with E-state index in [-0.39, 0.29) is 10.6 Å². The maximum absolute atomic E-state index is 12.3. The average Bonchev–Trinajstić information content (AvgIpc) is 2.76. The second-order valence-electron chi connectivity index (χ2n) is 6.08. The monoisotopic (exact) mass is 406 g/mol. The first kappa shape index (κ1) is 20.1. The van der Waals surface area contributed by atoms with Gasteiger partial charge in [0.05, 0.1) is 7.11 Å². The normalized spacial score (nSPS) is 11.5. The van der Waals surface area contributed by atoms with Crippen LogP contribution < -0.4 is 4.74 Å². The molecule has 3 aromatic carbocycles. The Morgan fingerprint density at radius 2 is 1.62 bits per heavy atom. The largest absolute Gasteiger partial charge is 0.497 e. The number of nitrogens with zero attached hydrogens (tertiary/aromatic N) is 2. The Balaban J connectivity index is 1.88. The van der Waals surface area contributed by atoms with E-state index in [2.05, 4.69) is 5.16 Å². The SMILES string of the molecule is COc1ccc(Cc2ccccc2C(C#N)=NOS(=O)(=O)c2ccccc2)cc1. The summed E-state index contributed by atoms with van der Waals surface area (Å²) in [6.07, 6.45) is 0.534. The molecule has 0 bridgehead atoms. The Labute approximate surface area is 169 Å². The Morgan fingerprint density at radius 3 is 2.28 bits per heavy atom. The van der Waals surface area contributed by atoms with Crippen LogP contribution in [0.3, 0.4) is 0 Å². The minimum Gasteiger partial charge on any atom is -0.497 e. The van der Waals surface area contributed by atoms with Crippen molar-refractivity contribution in [1.29, 1.82) is 5.26 Å². The van der Waals surface area contributed by atoms with Crippen molar-refractivity contribution >= 4 is 15.8 Å². The molecule has 7 heteroatoms. The topological polar surface area (TPSA) is 88.8 Å². The van der Waals surface area contributed by atoms with Crippen LogP contribution in [0.1, 0.15) is 16.7 Å². The van der Waals surface area contributed by atoms with Crippen LogP contribution in [-0.2, 0) is 20.8 Å². The molecule has 3 rings (SSSR count). The molecule has 6 nitrogen and oxygen atoms in total. The maximum Gasteiger partial charge on any atom is 0.358 e. The number of nitriles is 1. The highest BCUT2D eigenvalue weighted by atomic mass is 32.2. The van der Waals surface area contributed by atoms with Crippen molar-refractivity contribution in [1.82, 2.24) is 0 Å². The number of hydrogen-bond acceptors (Lipinski definition) is 6. The van der Waals surface area contributed by atoms with Crippen molar-refractivity contribution < 1.29 is 17.4 Å². The Kier molecular flexibility index (Phi) is 6.27. The molecule has 146 valence electrons. The zero-order valence-corrected chi connectivity index (χ0v) is 16.5. The highest BCUT2D eigenvalue weighted by Gasteiger charge is 2.17. The van der Waals surface area contributed by atoms with Gasteiger partial charge in [-0.25, -0.2) is 0 Å². The number of ether oxygens (including phenoxy) is 1. The lowest BCUT2D eigenvalue weighted by Gasteiger charge is -2.09. The van der Waals surface area contributed by atoms with Gasteiger partial charge < -0.3 is 4.74 Å². The smallest absolute Gasteiger partial charge is 0.358 e. The van der Waals surface area contributed by atoms with Gasteiger partial charge in [0, 0.05) is 5.56 Å². The Hall–Kier alpha value is -3.63. The molecule has 0 aliphatic rings. The van der Waals surface area contributed by atoms with Crippen LogP contribution in [0, 0.1) is 11.3 Å². The van der Waals surface area contributed by atoms with Crippen LogP contribution in [0.2, 0.25) is 0 Å². The van der Waals surface area contributed by atoms with Crippen LogP contribution in [-0.4, -0.2) is 21.2 Å². The molecule has 0 heterocycles. The highest BCUT2D eigenvalue weighted by Crippen LogP contribution is 2.19. The van der Waals surface area contributed by atoms with E-state index in [0.717, 1.165) is 16.9 Å². The molecule has 0 radical (unpaired) electrons. The number of rotatable bonds is 7. The van der Waals surface area contributed by atoms with Gasteiger partial charge in [-0.05, 0) is 41.8 Å². The lowest BCUT2D eigenvalue weighted by Crippen LogP contribution is -2.08. The van der Waals surface area contributed by atoms with E-state index >= 15 is 0 Å². The Morgan fingerprint density at radius 1 is 0.966 bits per heavy atom. The second-order valence-corrected chi connectivity index (χ2v) is 7.60. The molecule has 0 amide bonds. The minimum absolute atomic E-state index is 0.0347. The summed E-state index contributed by atoms with van der Waals surface area (Å²) in [5.74, 6) is 0.751. The molecule has 29 heavy (non-hydrogen) atoms. The van der Waals surface area contributed by atoms with Gasteiger partial charge in [-0.3, -0.25) is 4.28 Å². The van der Waals surface area contributed by atoms with E-state index in [1.165, 1.54) is 12.1 Å². The van der Waals surface area contributed by atoms with E-state index in [9.17, 15) is 13.7 Å². The summed E-state index contributed by atoms with van der Waals surface area (Å²) < 4.78 is 34.5. The van der Waals surface area contributed by atoms with Crippen molar-refractivity contribution in [3.63, 3.8) is 0 Å². The molecule has 0 aliphatic carbocycles. The van der Waals surface area contributed by atoms with Gasteiger partial charge in [0.1, 0.15) is 16.7 Å². The summed E-state index contributed by atoms with van der Waals surface area (Å²) in [5, 5.41) is 13.2. The standard InChI is InChI=1S/C22H18N2O4S/c1-27-19-13-11-17(12-14-19)15-18-7-5-6-10-21(18)22(16-23)24-28-29(25,26)20-8-3-2-4-9-20/h2-14H,15H2,1H3. The molecule has 3 aromatic rings. The van der Waals surface area contributed by atoms with E-state index in [4.69, 9.17) is 9.02 Å². The van der Waals surface area contributed by atoms with Crippen molar-refractivity contribution in [3.8, 4) is 11.8 Å². The van der Waals surface area contributed by atoms with Crippen LogP contribution in [0.15, 0.2) is 88.9 Å². The molecule has 0 aromatic heterocycles. The predicted octanol–water partition coefficient (Wildman–Crippen LogP) is 3.92. The number of methoxy groups -OCH3 is 1. The fourth-order valence-corrected chi connectivity index (χ4v) is 3.46. The summed E-state index contributed by atoms with van der Waals surface area (Å²) in [6.45, 7) is 0. The van der Waals surface area contributed by atoms with Crippen LogP contribution in [0.4, 0.5) is 0 Å². The molecule has 0 aliphatic heterocycles. The summed E-state index contributed by atoms with van der Waals surface area (Å²) in [6, 6.07) is 24.3. The first-order valence-electron chi connectivity index (χ1n) is 8.71. The van der Waals surface area contributed by atoms with Gasteiger partial charge in [-0.2, -0.15) is 13.7 Å². The van der Waals surface area contributed by atoms with Gasteiger partial charge in [-0.15, -0.1) is 0 Å². The third-order valence-corrected chi connectivity index (χ3v) is 5.31. The van der Waals surface area contributed by atoms with E-state index < -0.39 is 10.1 Å². The van der Waals surface area contributed by atoms with Crippen molar-refractivity contribution in [2.24, 2.45) is 5.16 Å². The number of hydrogen-bond donors (Lipinski definition) is 0. The van der Waals surface area contributed by atoms with Gasteiger partial charge in [0.15, 0.2) is 5.71 Å². The molecule has 0 saturated heterocycles. The van der Waals surface area contributed by atoms with Gasteiger partial charge in [0.2, 0.25) is 0 Å². The van der Waals surface area contributed by atoms with Crippen molar-refractivity contribution in [3.05, 3.63) is 95.6 Å². The molecular formula is C22H18N2O4S. The molecule has 0 atom stereocenters. The van der Waals surface area contributed by atoms with E-state index in [0.29, 0.717) is 12.0 Å². The molecule has 0 saturated carbocycles. The lowest BCUT2D eigenvalue weighted by molar-refractivity contribution is 0.339. The molecule has 0 fully saturated rings. The minimum atomic E-state index is -4.11. The molecule has 0 unspecified atom stereocenters. The summed E-state index contributed by atoms with van der Waals surface area (Å²) in [5.41, 5.74) is 2.22. The zero-order chi connectivity index (χ0) is 20.7. The van der Waals surface area contributed by atoms with Gasteiger partial charge in [-0.1, -0.05) is 59.8 Å². The van der Waals surface area contributed by atoms with Crippen LogP contribution in [0.5, 0.6) is 5.75 Å². The maximum atomic E-state index is 12.3. The average molecular weight is 406 g/mol. The van der Waals surface area contributed by atoms with Crippen LogP contribution >= 0.6 is 0 Å². The quantitative estimate of drug-likeness (QED) is 0.438. The van der Waals surface area contributed by atoms with E-state index in [1.54, 1.807) is 37.4 Å². The van der Waals surface area contributed by atoms with Crippen molar-refractivity contribution in [2.75, 3.05) is 7.11 Å². The molecule has 0 spiro atoms. The van der Waals surface area contributed by atoms with Crippen molar-refractivity contribution in [2.45, 2.75) is 11.3 Å². The number of oxime groups is 1. The second kappa shape index (κ2) is 9.04. The first-order chi connectivity index (χ1) is 14.0. The predicted molar refractivity (Wildman–Crippen MR) is 109 cm³/mol. The Bertz CT molecular complexity index is 1150. The molecular weight excluding hydrogens is 388 g/mol. The summed E-state index contributed by atoms with van der Waals surface area (Å²) in [4.78, 5) is -0.0347. The highest BCUT2D eigenvalue weighted by molar-refractivity contribution is 7.86. The zero-order valence-electron chi connectivity index (χ0n) is 15.6. The summed E-state index contributed by atoms with van der Waals surface area (Å²) >= 11 is 0. The fourth-order valence-electron chi connectivity index (χ4n) is 2.72. The first-order valence-corrected chi connectivity index (χ1v) is 10.1. The van der Waals surface area contributed by atoms with Crippen LogP contribution in [0.25, 0.3) is 0 Å². The number of benzene rings is 3. The third-order valence-electron chi connectivity index (χ3n) is 4.19. The lowest BCUT2D eigenvalue weighted by atomic mass is 9.97. The van der Waals surface area contributed by atoms with E-state index in [1.807, 2.05) is 42.5 Å². The summed E-state index contributed by atoms with van der Waals surface area (Å²) in [7, 11) is -2.50. The molecule has 0 N–H and O–H groups in total. The fraction of sp³-hybridized carbons (Fsp3) is 0.0909. The van der Waals surface area contributed by atoms with Gasteiger partial charge in [0.25, 0.3) is 0 Å².